The molecule has 6 nitrogen and oxygen atoms in total. The molecule has 0 N–H and O–H groups in total. The smallest absolute Gasteiger partial charge is 0.338 e. The first-order chi connectivity index (χ1) is 18.2. The first-order valence-electron chi connectivity index (χ1n) is 11.7. The van der Waals surface area contributed by atoms with Gasteiger partial charge in [0.1, 0.15) is 13.6 Å². The van der Waals surface area contributed by atoms with Gasteiger partial charge in [0.15, 0.2) is 0 Å². The molecule has 0 heterocycles. The summed E-state index contributed by atoms with van der Waals surface area (Å²) < 4.78 is 15.4. The topological polar surface area (TPSA) is 78.9 Å². The summed E-state index contributed by atoms with van der Waals surface area (Å²) in [7, 11) is 5.24. The van der Waals surface area contributed by atoms with Gasteiger partial charge in [-0.2, -0.15) is 0 Å². The van der Waals surface area contributed by atoms with Crippen molar-refractivity contribution >= 4 is 37.5 Å². The van der Waals surface area contributed by atoms with Gasteiger partial charge in [-0.15, -0.1) is 11.8 Å². The van der Waals surface area contributed by atoms with Crippen molar-refractivity contribution in [3.8, 4) is 28.0 Å². The second-order valence-electron chi connectivity index (χ2n) is 8.34. The molecule has 0 bridgehead atoms. The molecule has 38 heavy (non-hydrogen) atoms. The van der Waals surface area contributed by atoms with Crippen LogP contribution < -0.4 is 4.74 Å². The van der Waals surface area contributed by atoms with Gasteiger partial charge in [-0.05, 0) is 65.2 Å². The molecular formula is C30H27BO6S. The van der Waals surface area contributed by atoms with Crippen molar-refractivity contribution in [2.24, 2.45) is 0 Å². The molecule has 0 unspecified atom stereocenters. The third-order valence-electron chi connectivity index (χ3n) is 5.40. The molecular weight excluding hydrogens is 499 g/mol. The lowest BCUT2D eigenvalue weighted by Crippen LogP contribution is -2.12. The number of ether oxygens (including phenoxy) is 3. The molecule has 0 aliphatic rings. The second kappa shape index (κ2) is 13.5. The Hall–Kier alpha value is -4.04. The molecule has 0 aliphatic heterocycles. The van der Waals surface area contributed by atoms with E-state index >= 15 is 0 Å². The van der Waals surface area contributed by atoms with E-state index in [1.165, 1.54) is 11.8 Å². The summed E-state index contributed by atoms with van der Waals surface area (Å²) in [5.74, 6) is -1.12. The lowest BCUT2D eigenvalue weighted by Gasteiger charge is -2.12. The standard InChI is InChI=1S/C30H27BO6S/c1-19(2)28(32)37-25-13-10-22(11-14-25)21-6-8-23(9-7-21)26-15-12-24(18-27(26)38-4)30(34)36-17-5-16-35-29(33)20(3)31/h6-15,18H,1,3,5,16-17H2,2,4H3. The number of benzene rings is 3. The second-order valence-corrected chi connectivity index (χ2v) is 9.19. The van der Waals surface area contributed by atoms with E-state index in [0.29, 0.717) is 23.3 Å². The first-order valence-corrected chi connectivity index (χ1v) is 13.0. The van der Waals surface area contributed by atoms with Gasteiger partial charge >= 0.3 is 17.9 Å². The number of rotatable bonds is 11. The van der Waals surface area contributed by atoms with E-state index in [2.05, 4.69) is 13.2 Å². The van der Waals surface area contributed by atoms with Crippen molar-refractivity contribution in [1.82, 2.24) is 0 Å². The molecule has 0 spiro atoms. The minimum Gasteiger partial charge on any atom is -0.463 e. The monoisotopic (exact) mass is 526 g/mol. The van der Waals surface area contributed by atoms with Gasteiger partial charge in [0.05, 0.1) is 18.8 Å². The number of esters is 3. The van der Waals surface area contributed by atoms with Crippen molar-refractivity contribution in [3.05, 3.63) is 96.5 Å². The van der Waals surface area contributed by atoms with Crippen molar-refractivity contribution < 1.29 is 28.6 Å². The lowest BCUT2D eigenvalue weighted by atomic mass is 9.99. The summed E-state index contributed by atoms with van der Waals surface area (Å²) in [6, 6.07) is 20.8. The Morgan fingerprint density at radius 3 is 1.97 bits per heavy atom. The molecule has 2 radical (unpaired) electrons. The van der Waals surface area contributed by atoms with Crippen LogP contribution in [0, 0.1) is 0 Å². The summed E-state index contributed by atoms with van der Waals surface area (Å²) in [5.41, 5.74) is 4.61. The maximum absolute atomic E-state index is 12.5. The van der Waals surface area contributed by atoms with Crippen molar-refractivity contribution in [2.75, 3.05) is 19.5 Å². The molecule has 0 atom stereocenters. The maximum atomic E-state index is 12.5. The third kappa shape index (κ3) is 7.73. The molecule has 0 saturated carbocycles. The minimum absolute atomic E-state index is 0.0833. The zero-order valence-electron chi connectivity index (χ0n) is 21.3. The third-order valence-corrected chi connectivity index (χ3v) is 6.17. The van der Waals surface area contributed by atoms with Crippen LogP contribution in [0.1, 0.15) is 23.7 Å². The van der Waals surface area contributed by atoms with Crippen LogP contribution in [0.4, 0.5) is 0 Å². The van der Waals surface area contributed by atoms with Gasteiger partial charge in [0, 0.05) is 16.9 Å². The quantitative estimate of drug-likeness (QED) is 0.0758. The molecule has 3 aromatic rings. The van der Waals surface area contributed by atoms with Gasteiger partial charge in [0.25, 0.3) is 0 Å². The highest BCUT2D eigenvalue weighted by Gasteiger charge is 2.13. The van der Waals surface area contributed by atoms with E-state index in [9.17, 15) is 14.4 Å². The van der Waals surface area contributed by atoms with Crippen molar-refractivity contribution in [3.63, 3.8) is 0 Å². The van der Waals surface area contributed by atoms with Crippen LogP contribution in [0.3, 0.4) is 0 Å². The molecule has 0 saturated heterocycles. The van der Waals surface area contributed by atoms with Crippen LogP contribution in [0.5, 0.6) is 5.75 Å². The van der Waals surface area contributed by atoms with Crippen molar-refractivity contribution in [2.45, 2.75) is 18.2 Å². The van der Waals surface area contributed by atoms with Gasteiger partial charge < -0.3 is 14.2 Å². The lowest BCUT2D eigenvalue weighted by molar-refractivity contribution is -0.138. The summed E-state index contributed by atoms with van der Waals surface area (Å²) in [4.78, 5) is 36.4. The fourth-order valence-corrected chi connectivity index (χ4v) is 4.02. The number of thioether (sulfide) groups is 1. The Morgan fingerprint density at radius 2 is 1.39 bits per heavy atom. The zero-order valence-corrected chi connectivity index (χ0v) is 22.1. The summed E-state index contributed by atoms with van der Waals surface area (Å²) in [6.07, 6.45) is 2.30. The Kier molecular flexibility index (Phi) is 10.1. The zero-order chi connectivity index (χ0) is 27.7. The van der Waals surface area contributed by atoms with Gasteiger partial charge in [0.2, 0.25) is 0 Å². The molecule has 0 fully saturated rings. The highest BCUT2D eigenvalue weighted by atomic mass is 32.2. The SMILES string of the molecule is [B]C(=C)C(=O)OCCCOC(=O)c1ccc(-c2ccc(-c3ccc(OC(=O)C(=C)C)cc3)cc2)c(SC)c1. The first kappa shape index (κ1) is 28.5. The Bertz CT molecular complexity index is 1350. The summed E-state index contributed by atoms with van der Waals surface area (Å²) >= 11 is 1.54. The predicted molar refractivity (Wildman–Crippen MR) is 150 cm³/mol. The average Bonchev–Trinajstić information content (AvgIpc) is 2.92. The Morgan fingerprint density at radius 1 is 0.816 bits per heavy atom. The highest BCUT2D eigenvalue weighted by Crippen LogP contribution is 2.33. The largest absolute Gasteiger partial charge is 0.463 e. The van der Waals surface area contributed by atoms with Crippen LogP contribution in [-0.4, -0.2) is 45.2 Å². The molecule has 0 amide bonds. The molecule has 8 heteroatoms. The van der Waals surface area contributed by atoms with Crippen LogP contribution in [-0.2, 0) is 19.1 Å². The van der Waals surface area contributed by atoms with Crippen LogP contribution in [0.25, 0.3) is 22.3 Å². The van der Waals surface area contributed by atoms with Crippen LogP contribution >= 0.6 is 11.8 Å². The van der Waals surface area contributed by atoms with E-state index in [-0.39, 0.29) is 18.7 Å². The maximum Gasteiger partial charge on any atom is 0.338 e. The van der Waals surface area contributed by atoms with E-state index in [1.54, 1.807) is 31.2 Å². The molecule has 192 valence electrons. The minimum atomic E-state index is -0.677. The number of hydrogen-bond acceptors (Lipinski definition) is 7. The molecule has 3 rings (SSSR count). The Labute approximate surface area is 228 Å². The fraction of sp³-hybridized carbons (Fsp3) is 0.167. The summed E-state index contributed by atoms with van der Waals surface area (Å²) in [6.45, 7) is 8.68. The number of carbonyl (C=O) groups is 3. The van der Waals surface area contributed by atoms with Crippen LogP contribution in [0.2, 0.25) is 0 Å². The van der Waals surface area contributed by atoms with Gasteiger partial charge in [-0.25, -0.2) is 14.4 Å². The fourth-order valence-electron chi connectivity index (χ4n) is 3.37. The van der Waals surface area contributed by atoms with E-state index in [0.717, 1.165) is 27.1 Å². The van der Waals surface area contributed by atoms with Crippen LogP contribution in [0.15, 0.2) is 95.8 Å². The van der Waals surface area contributed by atoms with Gasteiger partial charge in [-0.3, -0.25) is 0 Å². The van der Waals surface area contributed by atoms with Crippen molar-refractivity contribution in [1.29, 1.82) is 0 Å². The molecule has 0 aromatic heterocycles. The number of carbonyl (C=O) groups excluding carboxylic acids is 3. The average molecular weight is 526 g/mol. The molecule has 0 aliphatic carbocycles. The number of hydrogen-bond donors (Lipinski definition) is 0. The normalized spacial score (nSPS) is 10.4. The van der Waals surface area contributed by atoms with E-state index in [4.69, 9.17) is 22.1 Å². The van der Waals surface area contributed by atoms with E-state index < -0.39 is 17.9 Å². The van der Waals surface area contributed by atoms with Gasteiger partial charge in [-0.1, -0.05) is 55.6 Å². The van der Waals surface area contributed by atoms with E-state index in [1.807, 2.05) is 48.7 Å². The molecule has 3 aromatic carbocycles. The predicted octanol–water partition coefficient (Wildman–Crippen LogP) is 6.00. The summed E-state index contributed by atoms with van der Waals surface area (Å²) in [5, 5.41) is 0. The highest BCUT2D eigenvalue weighted by molar-refractivity contribution is 7.98. The Balaban J connectivity index is 1.64.